The van der Waals surface area contributed by atoms with E-state index in [-0.39, 0.29) is 11.9 Å². The molecule has 2 nitrogen and oxygen atoms in total. The highest BCUT2D eigenvalue weighted by atomic mass is 16.5. The maximum Gasteiger partial charge on any atom is 0.308 e. The molecule has 0 fully saturated rings. The van der Waals surface area contributed by atoms with Crippen LogP contribution in [-0.4, -0.2) is 12.6 Å². The highest BCUT2D eigenvalue weighted by molar-refractivity contribution is 5.71. The van der Waals surface area contributed by atoms with Gasteiger partial charge in [-0.2, -0.15) is 0 Å². The normalized spacial score (nSPS) is 10.4. The minimum absolute atomic E-state index is 0.0399. The quantitative estimate of drug-likeness (QED) is 0.708. The molecule has 82 valence electrons. The smallest absolute Gasteiger partial charge is 0.308 e. The summed E-state index contributed by atoms with van der Waals surface area (Å²) in [6, 6.07) is 8.16. The number of esters is 1. The fourth-order valence-electron chi connectivity index (χ4n) is 1.32. The van der Waals surface area contributed by atoms with Crippen LogP contribution >= 0.6 is 0 Å². The molecule has 0 aliphatic heterocycles. The van der Waals surface area contributed by atoms with Crippen LogP contribution in [0.5, 0.6) is 0 Å². The van der Waals surface area contributed by atoms with Gasteiger partial charge in [0.2, 0.25) is 0 Å². The molecular weight excluding hydrogens is 188 g/mol. The van der Waals surface area contributed by atoms with Crippen molar-refractivity contribution in [3.8, 4) is 0 Å². The Hall–Kier alpha value is -1.31. The molecule has 0 aromatic heterocycles. The lowest BCUT2D eigenvalue weighted by atomic mass is 10.1. The number of ether oxygens (including phenoxy) is 1. The summed E-state index contributed by atoms with van der Waals surface area (Å²) in [6.45, 7) is 6.23. The average Bonchev–Trinajstić information content (AvgIpc) is 2.20. The van der Waals surface area contributed by atoms with E-state index in [1.807, 2.05) is 26.0 Å². The molecular formula is C13H18O2. The number of aryl methyl sites for hydroxylation is 1. The Kier molecular flexibility index (Phi) is 4.35. The van der Waals surface area contributed by atoms with E-state index in [0.717, 1.165) is 6.42 Å². The minimum Gasteiger partial charge on any atom is -0.465 e. The number of rotatable bonds is 4. The molecule has 0 radical (unpaired) electrons. The number of benzene rings is 1. The van der Waals surface area contributed by atoms with Gasteiger partial charge in [-0.05, 0) is 18.1 Å². The van der Waals surface area contributed by atoms with Crippen molar-refractivity contribution >= 4 is 5.97 Å². The average molecular weight is 206 g/mol. The first-order valence-corrected chi connectivity index (χ1v) is 5.32. The van der Waals surface area contributed by atoms with Gasteiger partial charge in [0.15, 0.2) is 0 Å². The Morgan fingerprint density at radius 3 is 2.60 bits per heavy atom. The van der Waals surface area contributed by atoms with Gasteiger partial charge in [0, 0.05) is 6.42 Å². The summed E-state index contributed by atoms with van der Waals surface area (Å²) in [6.07, 6.45) is 0.797. The number of carbonyl (C=O) groups excluding carboxylic acids is 1. The van der Waals surface area contributed by atoms with Crippen LogP contribution in [0.15, 0.2) is 24.3 Å². The SMILES string of the molecule is Cc1ccccc1CCOC(=O)C(C)C. The second-order valence-electron chi connectivity index (χ2n) is 4.00. The topological polar surface area (TPSA) is 26.3 Å². The summed E-state index contributed by atoms with van der Waals surface area (Å²) in [7, 11) is 0. The predicted molar refractivity (Wildman–Crippen MR) is 60.7 cm³/mol. The van der Waals surface area contributed by atoms with Gasteiger partial charge in [0.05, 0.1) is 12.5 Å². The zero-order valence-electron chi connectivity index (χ0n) is 9.62. The second-order valence-corrected chi connectivity index (χ2v) is 4.00. The molecule has 0 bridgehead atoms. The summed E-state index contributed by atoms with van der Waals surface area (Å²) in [5.74, 6) is -0.162. The third kappa shape index (κ3) is 3.74. The molecule has 0 unspecified atom stereocenters. The molecule has 1 aromatic carbocycles. The summed E-state index contributed by atoms with van der Waals surface area (Å²) in [4.78, 5) is 11.2. The second kappa shape index (κ2) is 5.54. The molecule has 0 amide bonds. The van der Waals surface area contributed by atoms with Crippen LogP contribution < -0.4 is 0 Å². The van der Waals surface area contributed by atoms with Crippen LogP contribution in [0.3, 0.4) is 0 Å². The maximum absolute atomic E-state index is 11.2. The molecule has 1 aromatic rings. The first-order chi connectivity index (χ1) is 7.11. The van der Waals surface area contributed by atoms with Crippen molar-refractivity contribution in [1.29, 1.82) is 0 Å². The Morgan fingerprint density at radius 2 is 2.00 bits per heavy atom. The van der Waals surface area contributed by atoms with Crippen LogP contribution in [0.1, 0.15) is 25.0 Å². The van der Waals surface area contributed by atoms with E-state index in [2.05, 4.69) is 19.1 Å². The Bertz CT molecular complexity index is 329. The standard InChI is InChI=1S/C13H18O2/c1-10(2)13(14)15-9-8-12-7-5-4-6-11(12)3/h4-7,10H,8-9H2,1-3H3. The first-order valence-electron chi connectivity index (χ1n) is 5.32. The molecule has 0 saturated carbocycles. The lowest BCUT2D eigenvalue weighted by Gasteiger charge is -2.08. The van der Waals surface area contributed by atoms with Crippen molar-refractivity contribution in [2.45, 2.75) is 27.2 Å². The van der Waals surface area contributed by atoms with E-state index in [1.165, 1.54) is 11.1 Å². The maximum atomic E-state index is 11.2. The number of hydrogen-bond acceptors (Lipinski definition) is 2. The fourth-order valence-corrected chi connectivity index (χ4v) is 1.32. The molecule has 15 heavy (non-hydrogen) atoms. The van der Waals surface area contributed by atoms with Crippen molar-refractivity contribution < 1.29 is 9.53 Å². The van der Waals surface area contributed by atoms with E-state index in [0.29, 0.717) is 6.61 Å². The molecule has 0 N–H and O–H groups in total. The van der Waals surface area contributed by atoms with Crippen LogP contribution in [-0.2, 0) is 16.0 Å². The first kappa shape index (κ1) is 11.8. The molecule has 0 atom stereocenters. The molecule has 0 aliphatic rings. The molecule has 0 spiro atoms. The zero-order valence-corrected chi connectivity index (χ0v) is 9.62. The highest BCUT2D eigenvalue weighted by Crippen LogP contribution is 2.08. The largest absolute Gasteiger partial charge is 0.465 e. The number of hydrogen-bond donors (Lipinski definition) is 0. The Labute approximate surface area is 91.3 Å². The predicted octanol–water partition coefficient (Wildman–Crippen LogP) is 2.74. The molecule has 0 saturated heterocycles. The summed E-state index contributed by atoms with van der Waals surface area (Å²) >= 11 is 0. The monoisotopic (exact) mass is 206 g/mol. The van der Waals surface area contributed by atoms with Crippen molar-refractivity contribution in [1.82, 2.24) is 0 Å². The van der Waals surface area contributed by atoms with E-state index in [4.69, 9.17) is 4.74 Å². The molecule has 0 aliphatic carbocycles. The van der Waals surface area contributed by atoms with Crippen LogP contribution in [0.2, 0.25) is 0 Å². The fraction of sp³-hybridized carbons (Fsp3) is 0.462. The van der Waals surface area contributed by atoms with Gasteiger partial charge in [0.25, 0.3) is 0 Å². The van der Waals surface area contributed by atoms with Gasteiger partial charge in [0.1, 0.15) is 0 Å². The van der Waals surface area contributed by atoms with Crippen molar-refractivity contribution in [2.75, 3.05) is 6.61 Å². The zero-order chi connectivity index (χ0) is 11.3. The van der Waals surface area contributed by atoms with Gasteiger partial charge in [-0.15, -0.1) is 0 Å². The molecule has 2 heteroatoms. The molecule has 0 heterocycles. The third-order valence-electron chi connectivity index (χ3n) is 2.35. The van der Waals surface area contributed by atoms with E-state index >= 15 is 0 Å². The van der Waals surface area contributed by atoms with E-state index < -0.39 is 0 Å². The van der Waals surface area contributed by atoms with Gasteiger partial charge < -0.3 is 4.74 Å². The lowest BCUT2D eigenvalue weighted by Crippen LogP contribution is -2.13. The van der Waals surface area contributed by atoms with Gasteiger partial charge in [-0.1, -0.05) is 38.1 Å². The van der Waals surface area contributed by atoms with Crippen LogP contribution in [0.4, 0.5) is 0 Å². The van der Waals surface area contributed by atoms with Crippen molar-refractivity contribution in [3.63, 3.8) is 0 Å². The van der Waals surface area contributed by atoms with Crippen molar-refractivity contribution in [2.24, 2.45) is 5.92 Å². The Morgan fingerprint density at radius 1 is 1.33 bits per heavy atom. The lowest BCUT2D eigenvalue weighted by molar-refractivity contribution is -0.147. The number of carbonyl (C=O) groups is 1. The third-order valence-corrected chi connectivity index (χ3v) is 2.35. The van der Waals surface area contributed by atoms with Gasteiger partial charge in [-0.25, -0.2) is 0 Å². The van der Waals surface area contributed by atoms with Gasteiger partial charge >= 0.3 is 5.97 Å². The minimum atomic E-state index is -0.122. The summed E-state index contributed by atoms with van der Waals surface area (Å²) < 4.78 is 5.12. The molecule has 1 rings (SSSR count). The van der Waals surface area contributed by atoms with Crippen molar-refractivity contribution in [3.05, 3.63) is 35.4 Å². The highest BCUT2D eigenvalue weighted by Gasteiger charge is 2.07. The van der Waals surface area contributed by atoms with E-state index in [1.54, 1.807) is 0 Å². The van der Waals surface area contributed by atoms with E-state index in [9.17, 15) is 4.79 Å². The van der Waals surface area contributed by atoms with Gasteiger partial charge in [-0.3, -0.25) is 4.79 Å². The van der Waals surface area contributed by atoms with Crippen LogP contribution in [0.25, 0.3) is 0 Å². The van der Waals surface area contributed by atoms with Crippen LogP contribution in [0, 0.1) is 12.8 Å². The summed E-state index contributed by atoms with van der Waals surface area (Å²) in [5, 5.41) is 0. The Balaban J connectivity index is 2.38. The summed E-state index contributed by atoms with van der Waals surface area (Å²) in [5.41, 5.74) is 2.49.